The zero-order valence-corrected chi connectivity index (χ0v) is 20.2. The van der Waals surface area contributed by atoms with Crippen molar-refractivity contribution in [1.29, 1.82) is 5.26 Å². The minimum absolute atomic E-state index is 0.116. The van der Waals surface area contributed by atoms with Crippen molar-refractivity contribution in [3.05, 3.63) is 57.9 Å². The van der Waals surface area contributed by atoms with E-state index in [2.05, 4.69) is 22.9 Å². The number of hydrogen-bond acceptors (Lipinski definition) is 3. The molecular formula is C25H30ClN5O2. The summed E-state index contributed by atoms with van der Waals surface area (Å²) in [6.07, 6.45) is 3.34. The molecule has 0 radical (unpaired) electrons. The zero-order chi connectivity index (χ0) is 24.0. The molecule has 1 fully saturated rings. The van der Waals surface area contributed by atoms with Gasteiger partial charge < -0.3 is 19.7 Å². The van der Waals surface area contributed by atoms with Crippen LogP contribution in [0.5, 0.6) is 0 Å². The third kappa shape index (κ3) is 5.96. The lowest BCUT2D eigenvalue weighted by Gasteiger charge is -2.22. The van der Waals surface area contributed by atoms with Crippen LogP contribution >= 0.6 is 11.6 Å². The van der Waals surface area contributed by atoms with Crippen molar-refractivity contribution in [2.24, 2.45) is 0 Å². The fraction of sp³-hybridized carbons (Fsp3) is 0.400. The maximum absolute atomic E-state index is 13.1. The largest absolute Gasteiger partial charge is 0.349 e. The molecule has 0 bridgehead atoms. The second kappa shape index (κ2) is 11.1. The molecule has 7 nitrogen and oxygen atoms in total. The lowest BCUT2D eigenvalue weighted by molar-refractivity contribution is -0.126. The van der Waals surface area contributed by atoms with Gasteiger partial charge in [0.1, 0.15) is 11.6 Å². The highest BCUT2D eigenvalue weighted by molar-refractivity contribution is 6.30. The third-order valence-electron chi connectivity index (χ3n) is 5.88. The number of amides is 3. The number of carbonyl (C=O) groups is 2. The summed E-state index contributed by atoms with van der Waals surface area (Å²) >= 11 is 5.89. The highest BCUT2D eigenvalue weighted by atomic mass is 35.5. The predicted octanol–water partition coefficient (Wildman–Crippen LogP) is 4.84. The van der Waals surface area contributed by atoms with Crippen molar-refractivity contribution in [3.63, 3.8) is 0 Å². The number of rotatable bonds is 5. The Balaban J connectivity index is 1.67. The number of nitrogens with one attached hydrogen (secondary N) is 1. The van der Waals surface area contributed by atoms with Gasteiger partial charge in [-0.3, -0.25) is 4.79 Å². The van der Waals surface area contributed by atoms with E-state index in [1.807, 2.05) is 19.9 Å². The van der Waals surface area contributed by atoms with Crippen molar-refractivity contribution < 1.29 is 9.59 Å². The van der Waals surface area contributed by atoms with Crippen molar-refractivity contribution in [2.75, 3.05) is 31.5 Å². The number of anilines is 1. The van der Waals surface area contributed by atoms with Gasteiger partial charge >= 0.3 is 6.03 Å². The summed E-state index contributed by atoms with van der Waals surface area (Å²) in [7, 11) is 0. The third-order valence-corrected chi connectivity index (χ3v) is 6.13. The Morgan fingerprint density at radius 1 is 1.12 bits per heavy atom. The van der Waals surface area contributed by atoms with Crippen LogP contribution in [-0.4, -0.2) is 52.5 Å². The Bertz CT molecular complexity index is 1080. The number of halogens is 1. The number of aryl methyl sites for hydroxylation is 1. The van der Waals surface area contributed by atoms with Crippen LogP contribution in [0.1, 0.15) is 36.7 Å². The molecule has 0 aliphatic carbocycles. The summed E-state index contributed by atoms with van der Waals surface area (Å²) in [5.74, 6) is -0.294. The average Bonchev–Trinajstić information content (AvgIpc) is 2.98. The van der Waals surface area contributed by atoms with E-state index in [9.17, 15) is 14.9 Å². The minimum Gasteiger partial charge on any atom is -0.349 e. The Morgan fingerprint density at radius 3 is 2.45 bits per heavy atom. The second-order valence-corrected chi connectivity index (χ2v) is 8.65. The van der Waals surface area contributed by atoms with E-state index in [1.165, 1.54) is 0 Å². The topological polar surface area (TPSA) is 81.4 Å². The fourth-order valence-electron chi connectivity index (χ4n) is 4.07. The molecule has 1 saturated heterocycles. The van der Waals surface area contributed by atoms with Crippen molar-refractivity contribution in [3.8, 4) is 6.07 Å². The Morgan fingerprint density at radius 2 is 1.79 bits per heavy atom. The molecule has 8 heteroatoms. The number of benzene rings is 1. The predicted molar refractivity (Wildman–Crippen MR) is 131 cm³/mol. The maximum Gasteiger partial charge on any atom is 0.321 e. The van der Waals surface area contributed by atoms with Crippen LogP contribution in [0.3, 0.4) is 0 Å². The summed E-state index contributed by atoms with van der Waals surface area (Å²) < 4.78 is 2.20. The maximum atomic E-state index is 13.1. The molecule has 1 aromatic heterocycles. The average molecular weight is 468 g/mol. The molecule has 0 spiro atoms. The number of nitriles is 1. The van der Waals surface area contributed by atoms with Crippen LogP contribution in [0.15, 0.2) is 35.9 Å². The Labute approximate surface area is 200 Å². The lowest BCUT2D eigenvalue weighted by atomic mass is 10.1. The first-order valence-corrected chi connectivity index (χ1v) is 11.6. The van der Waals surface area contributed by atoms with Gasteiger partial charge in [-0.2, -0.15) is 5.26 Å². The molecular weight excluding hydrogens is 438 g/mol. The van der Waals surface area contributed by atoms with Gasteiger partial charge in [-0.05, 0) is 68.7 Å². The summed E-state index contributed by atoms with van der Waals surface area (Å²) in [5, 5.41) is 13.2. The van der Waals surface area contributed by atoms with Crippen LogP contribution in [0.25, 0.3) is 6.08 Å². The van der Waals surface area contributed by atoms with Crippen molar-refractivity contribution in [2.45, 2.75) is 40.2 Å². The molecule has 1 aliphatic rings. The van der Waals surface area contributed by atoms with E-state index in [4.69, 9.17) is 11.6 Å². The van der Waals surface area contributed by atoms with Gasteiger partial charge in [0.25, 0.3) is 5.91 Å². The molecule has 33 heavy (non-hydrogen) atoms. The van der Waals surface area contributed by atoms with Gasteiger partial charge in [0.05, 0.1) is 0 Å². The molecule has 0 unspecified atom stereocenters. The van der Waals surface area contributed by atoms with Gasteiger partial charge in [0, 0.05) is 54.8 Å². The van der Waals surface area contributed by atoms with Gasteiger partial charge in [-0.15, -0.1) is 0 Å². The molecule has 2 heterocycles. The van der Waals surface area contributed by atoms with Crippen LogP contribution in [-0.2, 0) is 11.3 Å². The van der Waals surface area contributed by atoms with Crippen LogP contribution in [0.4, 0.5) is 10.5 Å². The monoisotopic (exact) mass is 467 g/mol. The Kier molecular flexibility index (Phi) is 8.18. The molecule has 0 saturated carbocycles. The summed E-state index contributed by atoms with van der Waals surface area (Å²) in [4.78, 5) is 29.1. The fourth-order valence-corrected chi connectivity index (χ4v) is 4.19. The summed E-state index contributed by atoms with van der Waals surface area (Å²) in [6, 6.07) is 10.8. The highest BCUT2D eigenvalue weighted by Crippen LogP contribution is 2.20. The van der Waals surface area contributed by atoms with E-state index in [0.29, 0.717) is 43.3 Å². The van der Waals surface area contributed by atoms with Crippen LogP contribution < -0.4 is 5.32 Å². The van der Waals surface area contributed by atoms with Crippen LogP contribution in [0.2, 0.25) is 5.02 Å². The number of aromatic nitrogens is 1. The van der Waals surface area contributed by atoms with E-state index < -0.39 is 0 Å². The zero-order valence-electron chi connectivity index (χ0n) is 19.4. The highest BCUT2D eigenvalue weighted by Gasteiger charge is 2.24. The molecule has 1 aromatic carbocycles. The second-order valence-electron chi connectivity index (χ2n) is 8.22. The molecule has 1 N–H and O–H groups in total. The smallest absolute Gasteiger partial charge is 0.321 e. The van der Waals surface area contributed by atoms with Crippen LogP contribution in [0, 0.1) is 25.2 Å². The first-order chi connectivity index (χ1) is 15.8. The van der Waals surface area contributed by atoms with E-state index >= 15 is 0 Å². The standard InChI is InChI=1S/C25H30ClN5O2/c1-4-10-31-18(2)15-20(19(31)3)16-21(17-27)24(32)29-11-5-12-30(14-13-29)25(33)28-23-8-6-22(26)7-9-23/h6-9,15-16H,4-5,10-14H2,1-3H3,(H,28,33)/b21-16+. The van der Waals surface area contributed by atoms with E-state index in [1.54, 1.807) is 40.1 Å². The normalized spacial score (nSPS) is 14.6. The number of hydrogen-bond donors (Lipinski definition) is 1. The summed E-state index contributed by atoms with van der Waals surface area (Å²) in [5.41, 5.74) is 3.84. The van der Waals surface area contributed by atoms with E-state index in [0.717, 1.165) is 29.9 Å². The van der Waals surface area contributed by atoms with Crippen molar-refractivity contribution in [1.82, 2.24) is 14.4 Å². The lowest BCUT2D eigenvalue weighted by Crippen LogP contribution is -2.39. The number of nitrogens with zero attached hydrogens (tertiary/aromatic N) is 4. The van der Waals surface area contributed by atoms with Crippen molar-refractivity contribution >= 4 is 35.3 Å². The molecule has 174 valence electrons. The Hall–Kier alpha value is -3.24. The van der Waals surface area contributed by atoms with Gasteiger partial charge in [-0.1, -0.05) is 18.5 Å². The van der Waals surface area contributed by atoms with Gasteiger partial charge in [0.15, 0.2) is 0 Å². The molecule has 3 amide bonds. The van der Waals surface area contributed by atoms with E-state index in [-0.39, 0.29) is 17.5 Å². The summed E-state index contributed by atoms with van der Waals surface area (Å²) in [6.45, 7) is 8.88. The molecule has 2 aromatic rings. The minimum atomic E-state index is -0.294. The molecule has 1 aliphatic heterocycles. The molecule has 3 rings (SSSR count). The first kappa shape index (κ1) is 24.4. The molecule has 0 atom stereocenters. The number of carbonyl (C=O) groups excluding carboxylic acids is 2. The first-order valence-electron chi connectivity index (χ1n) is 11.2. The quantitative estimate of drug-likeness (QED) is 0.504. The number of urea groups is 1. The SMILES string of the molecule is CCCn1c(C)cc(/C=C(\C#N)C(=O)N2CCCN(C(=O)Nc3ccc(Cl)cc3)CC2)c1C. The van der Waals surface area contributed by atoms with Gasteiger partial charge in [-0.25, -0.2) is 4.79 Å². The van der Waals surface area contributed by atoms with Gasteiger partial charge in [0.2, 0.25) is 0 Å².